The third-order valence-corrected chi connectivity index (χ3v) is 4.12. The van der Waals surface area contributed by atoms with E-state index in [9.17, 15) is 4.79 Å². The van der Waals surface area contributed by atoms with Crippen molar-refractivity contribution in [1.29, 1.82) is 0 Å². The average Bonchev–Trinajstić information content (AvgIpc) is 2.65. The molecule has 1 amide bonds. The standard InChI is InChI=1S/C10H18N2O/c1-3-7-10(4-2)6(5-12-7)8(10)9(11)13/h6-8,12H,3-5H2,1-2H3,(H2,11,13). The van der Waals surface area contributed by atoms with Crippen LogP contribution in [0.3, 0.4) is 0 Å². The van der Waals surface area contributed by atoms with Crippen molar-refractivity contribution >= 4 is 5.91 Å². The molecule has 1 heterocycles. The minimum absolute atomic E-state index is 0.0909. The second kappa shape index (κ2) is 2.71. The number of amides is 1. The van der Waals surface area contributed by atoms with Crippen molar-refractivity contribution in [2.75, 3.05) is 6.54 Å². The lowest BCUT2D eigenvalue weighted by atomic mass is 9.89. The minimum atomic E-state index is -0.0909. The third-order valence-electron chi connectivity index (χ3n) is 4.12. The number of nitrogens with two attached hydrogens (primary N) is 1. The largest absolute Gasteiger partial charge is 0.369 e. The molecule has 0 aromatic heterocycles. The van der Waals surface area contributed by atoms with Gasteiger partial charge >= 0.3 is 0 Å². The average molecular weight is 182 g/mol. The highest BCUT2D eigenvalue weighted by molar-refractivity contribution is 5.82. The summed E-state index contributed by atoms with van der Waals surface area (Å²) in [6, 6.07) is 0.514. The Bertz CT molecular complexity index is 241. The Morgan fingerprint density at radius 1 is 1.62 bits per heavy atom. The van der Waals surface area contributed by atoms with Crippen LogP contribution in [-0.4, -0.2) is 18.5 Å². The Labute approximate surface area is 79.1 Å². The van der Waals surface area contributed by atoms with Crippen LogP contribution in [0.4, 0.5) is 0 Å². The molecule has 1 saturated carbocycles. The summed E-state index contributed by atoms with van der Waals surface area (Å²) in [6.07, 6.45) is 2.19. The maximum Gasteiger partial charge on any atom is 0.221 e. The first-order valence-electron chi connectivity index (χ1n) is 5.21. The van der Waals surface area contributed by atoms with Crippen LogP contribution in [0, 0.1) is 17.3 Å². The van der Waals surface area contributed by atoms with E-state index in [-0.39, 0.29) is 17.2 Å². The number of carbonyl (C=O) groups is 1. The van der Waals surface area contributed by atoms with Crippen LogP contribution in [0.5, 0.6) is 0 Å². The van der Waals surface area contributed by atoms with E-state index in [2.05, 4.69) is 19.2 Å². The van der Waals surface area contributed by atoms with E-state index in [0.29, 0.717) is 12.0 Å². The van der Waals surface area contributed by atoms with Gasteiger partial charge in [0.15, 0.2) is 0 Å². The quantitative estimate of drug-likeness (QED) is 0.667. The fourth-order valence-electron chi connectivity index (χ4n) is 3.50. The van der Waals surface area contributed by atoms with Crippen LogP contribution in [0.2, 0.25) is 0 Å². The minimum Gasteiger partial charge on any atom is -0.369 e. The number of primary amides is 1. The van der Waals surface area contributed by atoms with Crippen molar-refractivity contribution in [3.63, 3.8) is 0 Å². The van der Waals surface area contributed by atoms with Crippen LogP contribution in [0.1, 0.15) is 26.7 Å². The smallest absolute Gasteiger partial charge is 0.221 e. The molecule has 2 fully saturated rings. The molecular formula is C10H18N2O. The van der Waals surface area contributed by atoms with Crippen molar-refractivity contribution in [1.82, 2.24) is 5.32 Å². The van der Waals surface area contributed by atoms with E-state index in [1.165, 1.54) is 0 Å². The molecule has 2 rings (SSSR count). The van der Waals surface area contributed by atoms with Gasteiger partial charge in [0.05, 0.1) is 0 Å². The number of rotatable bonds is 3. The summed E-state index contributed by atoms with van der Waals surface area (Å²) in [5.41, 5.74) is 5.62. The van der Waals surface area contributed by atoms with Crippen LogP contribution in [-0.2, 0) is 4.79 Å². The highest BCUT2D eigenvalue weighted by Gasteiger charge is 2.71. The molecule has 3 nitrogen and oxygen atoms in total. The van der Waals surface area contributed by atoms with Gasteiger partial charge in [0.2, 0.25) is 5.91 Å². The van der Waals surface area contributed by atoms with Gasteiger partial charge in [0.1, 0.15) is 0 Å². The summed E-state index contributed by atoms with van der Waals surface area (Å²) in [5, 5.41) is 3.47. The lowest BCUT2D eigenvalue weighted by Crippen LogP contribution is -2.36. The molecule has 1 saturated heterocycles. The molecule has 3 heteroatoms. The van der Waals surface area contributed by atoms with Gasteiger partial charge in [-0.15, -0.1) is 0 Å². The Hall–Kier alpha value is -0.570. The molecule has 1 aliphatic carbocycles. The van der Waals surface area contributed by atoms with Crippen molar-refractivity contribution in [2.45, 2.75) is 32.7 Å². The first-order valence-corrected chi connectivity index (χ1v) is 5.21. The number of carbonyl (C=O) groups excluding carboxylic acids is 1. The molecule has 1 aliphatic heterocycles. The summed E-state index contributed by atoms with van der Waals surface area (Å²) >= 11 is 0. The van der Waals surface area contributed by atoms with Crippen LogP contribution in [0.25, 0.3) is 0 Å². The highest BCUT2D eigenvalue weighted by atomic mass is 16.1. The van der Waals surface area contributed by atoms with Gasteiger partial charge in [-0.3, -0.25) is 4.79 Å². The first kappa shape index (κ1) is 9.00. The molecule has 2 aliphatic rings. The van der Waals surface area contributed by atoms with Gasteiger partial charge in [0, 0.05) is 17.4 Å². The number of nitrogens with one attached hydrogen (secondary N) is 1. The molecule has 4 atom stereocenters. The lowest BCUT2D eigenvalue weighted by Gasteiger charge is -2.22. The Kier molecular flexibility index (Phi) is 1.88. The zero-order valence-electron chi connectivity index (χ0n) is 8.34. The number of hydrogen-bond donors (Lipinski definition) is 2. The van der Waals surface area contributed by atoms with Crippen molar-refractivity contribution in [2.24, 2.45) is 23.0 Å². The van der Waals surface area contributed by atoms with Crippen molar-refractivity contribution in [3.8, 4) is 0 Å². The summed E-state index contributed by atoms with van der Waals surface area (Å²) in [5.74, 6) is 0.593. The monoisotopic (exact) mass is 182 g/mol. The Balaban J connectivity index is 2.20. The fraction of sp³-hybridized carbons (Fsp3) is 0.900. The molecule has 0 spiro atoms. The third kappa shape index (κ3) is 0.909. The van der Waals surface area contributed by atoms with Gasteiger partial charge in [-0.1, -0.05) is 13.8 Å². The topological polar surface area (TPSA) is 55.1 Å². The zero-order valence-corrected chi connectivity index (χ0v) is 8.34. The Morgan fingerprint density at radius 2 is 2.31 bits per heavy atom. The van der Waals surface area contributed by atoms with Crippen LogP contribution >= 0.6 is 0 Å². The Morgan fingerprint density at radius 3 is 2.69 bits per heavy atom. The molecular weight excluding hydrogens is 164 g/mol. The van der Waals surface area contributed by atoms with Crippen molar-refractivity contribution in [3.05, 3.63) is 0 Å². The van der Waals surface area contributed by atoms with E-state index in [0.717, 1.165) is 19.4 Å². The fourth-order valence-corrected chi connectivity index (χ4v) is 3.50. The van der Waals surface area contributed by atoms with Gasteiger partial charge < -0.3 is 11.1 Å². The number of hydrogen-bond acceptors (Lipinski definition) is 2. The molecule has 0 aromatic carbocycles. The molecule has 0 radical (unpaired) electrons. The second-order valence-electron chi connectivity index (χ2n) is 4.32. The van der Waals surface area contributed by atoms with E-state index < -0.39 is 0 Å². The second-order valence-corrected chi connectivity index (χ2v) is 4.32. The van der Waals surface area contributed by atoms with Gasteiger partial charge in [0.25, 0.3) is 0 Å². The maximum atomic E-state index is 11.2. The van der Waals surface area contributed by atoms with E-state index in [1.807, 2.05) is 0 Å². The van der Waals surface area contributed by atoms with Gasteiger partial charge in [-0.2, -0.15) is 0 Å². The summed E-state index contributed by atoms with van der Waals surface area (Å²) in [7, 11) is 0. The SMILES string of the molecule is CCC1NCC2C(C(N)=O)C12CC. The van der Waals surface area contributed by atoms with Crippen molar-refractivity contribution < 1.29 is 4.79 Å². The summed E-state index contributed by atoms with van der Waals surface area (Å²) < 4.78 is 0. The predicted molar refractivity (Wildman–Crippen MR) is 51.0 cm³/mol. The van der Waals surface area contributed by atoms with E-state index in [1.54, 1.807) is 0 Å². The van der Waals surface area contributed by atoms with E-state index >= 15 is 0 Å². The van der Waals surface area contributed by atoms with E-state index in [4.69, 9.17) is 5.73 Å². The van der Waals surface area contributed by atoms with Crippen LogP contribution in [0.15, 0.2) is 0 Å². The summed E-state index contributed by atoms with van der Waals surface area (Å²) in [4.78, 5) is 11.2. The molecule has 74 valence electrons. The molecule has 13 heavy (non-hydrogen) atoms. The lowest BCUT2D eigenvalue weighted by molar-refractivity contribution is -0.120. The predicted octanol–water partition coefficient (Wildman–Crippen LogP) is 0.496. The molecule has 4 unspecified atom stereocenters. The molecule has 3 N–H and O–H groups in total. The normalized spacial score (nSPS) is 47.4. The number of fused-ring (bicyclic) bond motifs is 1. The van der Waals surface area contributed by atoms with Crippen LogP contribution < -0.4 is 11.1 Å². The molecule has 0 bridgehead atoms. The molecule has 0 aromatic rings. The first-order chi connectivity index (χ1) is 6.18. The maximum absolute atomic E-state index is 11.2. The highest BCUT2D eigenvalue weighted by Crippen LogP contribution is 2.66. The zero-order chi connectivity index (χ0) is 9.64. The summed E-state index contributed by atoms with van der Waals surface area (Å²) in [6.45, 7) is 5.33. The van der Waals surface area contributed by atoms with Gasteiger partial charge in [-0.25, -0.2) is 0 Å². The van der Waals surface area contributed by atoms with Gasteiger partial charge in [-0.05, 0) is 25.3 Å². The number of piperidine rings is 1.